The number of hydrogen-bond donors (Lipinski definition) is 4. The summed E-state index contributed by atoms with van der Waals surface area (Å²) in [5.74, 6) is -4.53. The van der Waals surface area contributed by atoms with E-state index < -0.39 is 35.3 Å². The lowest BCUT2D eigenvalue weighted by Gasteiger charge is -2.27. The first-order chi connectivity index (χ1) is 23.1. The predicted octanol–water partition coefficient (Wildman–Crippen LogP) is 5.06. The Morgan fingerprint density at radius 1 is 0.604 bits per heavy atom. The lowest BCUT2D eigenvalue weighted by Crippen LogP contribution is -2.44. The van der Waals surface area contributed by atoms with Crippen LogP contribution in [0.1, 0.15) is 22.3 Å². The van der Waals surface area contributed by atoms with Crippen LogP contribution in [-0.2, 0) is 35.5 Å². The van der Waals surface area contributed by atoms with E-state index in [2.05, 4.69) is 10.6 Å². The Balaban J connectivity index is 1.79. The number of amides is 2. The first-order valence-corrected chi connectivity index (χ1v) is 15.0. The molecule has 2 atom stereocenters. The summed E-state index contributed by atoms with van der Waals surface area (Å²) in [5, 5.41) is 26.5. The maximum absolute atomic E-state index is 14.5. The first kappa shape index (κ1) is 35.3. The third kappa shape index (κ3) is 8.44. The number of hydrogen-bond acceptors (Lipinski definition) is 8. The Morgan fingerprint density at radius 2 is 0.917 bits per heavy atom. The molecule has 4 N–H and O–H groups in total. The standard InChI is InChI=1S/C36H38F2N2O8/c1-45-29-15-21(16-30(46-2)33(29)41)13-25(35(43)39-19-23-9-5-7-11-27(23)37)26(36(44)40-20-24-10-6-8-12-28(24)38)14-22-17-31(47-3)34(42)32(18-22)48-4/h5-12,15-18,25-26,41-42H,13-14,19-20H2,1-4H3,(H,39,43)(H,40,44)/t25-,26+. The fourth-order valence-electron chi connectivity index (χ4n) is 5.38. The molecule has 0 fully saturated rings. The molecule has 0 saturated carbocycles. The van der Waals surface area contributed by atoms with Crippen LogP contribution in [0.25, 0.3) is 0 Å². The van der Waals surface area contributed by atoms with E-state index in [4.69, 9.17) is 18.9 Å². The van der Waals surface area contributed by atoms with Crippen LogP contribution in [0.4, 0.5) is 8.78 Å². The Bertz CT molecular complexity index is 1570. The molecule has 0 unspecified atom stereocenters. The average Bonchev–Trinajstić information content (AvgIpc) is 3.09. The fraction of sp³-hybridized carbons (Fsp3) is 0.278. The van der Waals surface area contributed by atoms with E-state index in [0.29, 0.717) is 11.1 Å². The second-order valence-electron chi connectivity index (χ2n) is 10.9. The monoisotopic (exact) mass is 664 g/mol. The number of benzene rings is 4. The van der Waals surface area contributed by atoms with Crippen LogP contribution in [0.5, 0.6) is 34.5 Å². The predicted molar refractivity (Wildman–Crippen MR) is 173 cm³/mol. The molecule has 0 aromatic heterocycles. The second-order valence-corrected chi connectivity index (χ2v) is 10.9. The number of carbonyl (C=O) groups excluding carboxylic acids is 2. The van der Waals surface area contributed by atoms with E-state index >= 15 is 0 Å². The molecule has 48 heavy (non-hydrogen) atoms. The molecule has 0 aliphatic rings. The number of ether oxygens (including phenoxy) is 4. The van der Waals surface area contributed by atoms with Crippen LogP contribution in [0.2, 0.25) is 0 Å². The van der Waals surface area contributed by atoms with Gasteiger partial charge < -0.3 is 39.8 Å². The number of aromatic hydroxyl groups is 2. The lowest BCUT2D eigenvalue weighted by atomic mass is 9.81. The molecule has 254 valence electrons. The van der Waals surface area contributed by atoms with Crippen LogP contribution in [0.3, 0.4) is 0 Å². The number of carbonyl (C=O) groups is 2. The summed E-state index contributed by atoms with van der Waals surface area (Å²) in [5.41, 5.74) is 1.46. The van der Waals surface area contributed by atoms with Gasteiger partial charge in [0.2, 0.25) is 23.3 Å². The van der Waals surface area contributed by atoms with Crippen molar-refractivity contribution < 1.29 is 47.5 Å². The van der Waals surface area contributed by atoms with E-state index in [1.54, 1.807) is 12.1 Å². The number of phenols is 2. The van der Waals surface area contributed by atoms with Crippen molar-refractivity contribution in [2.75, 3.05) is 28.4 Å². The van der Waals surface area contributed by atoms with E-state index in [9.17, 15) is 28.6 Å². The highest BCUT2D eigenvalue weighted by atomic mass is 19.1. The van der Waals surface area contributed by atoms with E-state index in [1.807, 2.05) is 0 Å². The van der Waals surface area contributed by atoms with Crippen molar-refractivity contribution in [1.29, 1.82) is 0 Å². The summed E-state index contributed by atoms with van der Waals surface area (Å²) < 4.78 is 50.2. The number of phenolic OH excluding ortho intramolecular Hbond substituents is 2. The molecule has 0 aliphatic heterocycles. The molecule has 12 heteroatoms. The Labute approximate surface area is 277 Å². The van der Waals surface area contributed by atoms with Gasteiger partial charge in [0.05, 0.1) is 40.3 Å². The van der Waals surface area contributed by atoms with Gasteiger partial charge in [-0.25, -0.2) is 8.78 Å². The van der Waals surface area contributed by atoms with Gasteiger partial charge in [-0.15, -0.1) is 0 Å². The first-order valence-electron chi connectivity index (χ1n) is 15.0. The normalized spacial score (nSPS) is 12.0. The van der Waals surface area contributed by atoms with Gasteiger partial charge in [0.15, 0.2) is 23.0 Å². The molecule has 0 saturated heterocycles. The maximum Gasteiger partial charge on any atom is 0.224 e. The van der Waals surface area contributed by atoms with Crippen molar-refractivity contribution in [2.45, 2.75) is 25.9 Å². The molecule has 10 nitrogen and oxygen atoms in total. The number of halogens is 2. The minimum Gasteiger partial charge on any atom is -0.502 e. The minimum absolute atomic E-state index is 0.0553. The van der Waals surface area contributed by atoms with Gasteiger partial charge in [-0.05, 0) is 60.4 Å². The van der Waals surface area contributed by atoms with Crippen LogP contribution in [0, 0.1) is 23.5 Å². The van der Waals surface area contributed by atoms with Gasteiger partial charge in [0, 0.05) is 24.2 Å². The second kappa shape index (κ2) is 16.3. The molecule has 0 bridgehead atoms. The van der Waals surface area contributed by atoms with E-state index in [-0.39, 0.29) is 71.6 Å². The van der Waals surface area contributed by atoms with Crippen LogP contribution in [-0.4, -0.2) is 50.5 Å². The molecule has 4 aromatic carbocycles. The quantitative estimate of drug-likeness (QED) is 0.139. The SMILES string of the molecule is COc1cc(C[C@H](C(=O)NCc2ccccc2F)[C@@H](Cc2cc(OC)c(O)c(OC)c2)C(=O)NCc2ccccc2F)cc(OC)c1O. The third-order valence-electron chi connectivity index (χ3n) is 7.97. The maximum atomic E-state index is 14.5. The summed E-state index contributed by atoms with van der Waals surface area (Å²) in [6.07, 6.45) is -0.111. The molecule has 0 spiro atoms. The summed E-state index contributed by atoms with van der Waals surface area (Å²) >= 11 is 0. The average molecular weight is 665 g/mol. The highest BCUT2D eigenvalue weighted by Gasteiger charge is 2.35. The number of rotatable bonds is 15. The zero-order valence-electron chi connectivity index (χ0n) is 27.0. The van der Waals surface area contributed by atoms with Gasteiger partial charge in [0.1, 0.15) is 11.6 Å². The molecule has 0 aliphatic carbocycles. The lowest BCUT2D eigenvalue weighted by molar-refractivity contribution is -0.135. The molecular weight excluding hydrogens is 626 g/mol. The fourth-order valence-corrected chi connectivity index (χ4v) is 5.38. The van der Waals surface area contributed by atoms with Gasteiger partial charge >= 0.3 is 0 Å². The van der Waals surface area contributed by atoms with Gasteiger partial charge in [-0.1, -0.05) is 36.4 Å². The molecule has 4 aromatic rings. The Hall–Kier alpha value is -5.52. The van der Waals surface area contributed by atoms with E-state index in [1.165, 1.54) is 89.1 Å². The number of methoxy groups -OCH3 is 4. The summed E-state index contributed by atoms with van der Waals surface area (Å²) in [4.78, 5) is 28.2. The summed E-state index contributed by atoms with van der Waals surface area (Å²) in [6, 6.07) is 18.1. The summed E-state index contributed by atoms with van der Waals surface area (Å²) in [7, 11) is 5.45. The highest BCUT2D eigenvalue weighted by molar-refractivity contribution is 5.88. The highest BCUT2D eigenvalue weighted by Crippen LogP contribution is 2.40. The number of nitrogens with one attached hydrogen (secondary N) is 2. The third-order valence-corrected chi connectivity index (χ3v) is 7.97. The Kier molecular flexibility index (Phi) is 12.0. The van der Waals surface area contributed by atoms with Crippen molar-refractivity contribution in [3.8, 4) is 34.5 Å². The van der Waals surface area contributed by atoms with Crippen molar-refractivity contribution in [2.24, 2.45) is 11.8 Å². The Morgan fingerprint density at radius 3 is 1.21 bits per heavy atom. The van der Waals surface area contributed by atoms with Crippen LogP contribution < -0.4 is 29.6 Å². The summed E-state index contributed by atoms with van der Waals surface area (Å²) in [6.45, 7) is -0.316. The zero-order chi connectivity index (χ0) is 34.8. The smallest absolute Gasteiger partial charge is 0.224 e. The molecule has 4 rings (SSSR count). The van der Waals surface area contributed by atoms with Crippen LogP contribution >= 0.6 is 0 Å². The largest absolute Gasteiger partial charge is 0.502 e. The van der Waals surface area contributed by atoms with Gasteiger partial charge in [-0.2, -0.15) is 0 Å². The molecule has 2 amide bonds. The molecule has 0 heterocycles. The zero-order valence-corrected chi connectivity index (χ0v) is 27.0. The van der Waals surface area contributed by atoms with Crippen molar-refractivity contribution in [1.82, 2.24) is 10.6 Å². The van der Waals surface area contributed by atoms with Crippen LogP contribution in [0.15, 0.2) is 72.8 Å². The topological polar surface area (TPSA) is 136 Å². The van der Waals surface area contributed by atoms with E-state index in [0.717, 1.165) is 0 Å². The van der Waals surface area contributed by atoms with Gasteiger partial charge in [-0.3, -0.25) is 9.59 Å². The minimum atomic E-state index is -1.11. The van der Waals surface area contributed by atoms with Crippen molar-refractivity contribution in [3.63, 3.8) is 0 Å². The van der Waals surface area contributed by atoms with Gasteiger partial charge in [0.25, 0.3) is 0 Å². The molecular formula is C36H38F2N2O8. The molecule has 0 radical (unpaired) electrons. The van der Waals surface area contributed by atoms with Crippen molar-refractivity contribution >= 4 is 11.8 Å². The van der Waals surface area contributed by atoms with Crippen molar-refractivity contribution in [3.05, 3.63) is 107 Å².